The third-order valence-electron chi connectivity index (χ3n) is 3.26. The lowest BCUT2D eigenvalue weighted by Gasteiger charge is -2.11. The molecule has 0 spiro atoms. The second-order valence-electron chi connectivity index (χ2n) is 4.09. The predicted molar refractivity (Wildman–Crippen MR) is 61.7 cm³/mol. The Morgan fingerprint density at radius 3 is 2.53 bits per heavy atom. The van der Waals surface area contributed by atoms with E-state index in [-0.39, 0.29) is 8.46 Å². The topological polar surface area (TPSA) is 17.1 Å². The molecule has 15 heavy (non-hydrogen) atoms. The lowest BCUT2D eigenvalue weighted by Crippen LogP contribution is -1.94. The van der Waals surface area contributed by atoms with E-state index in [0.29, 0.717) is 11.8 Å². The van der Waals surface area contributed by atoms with Crippen molar-refractivity contribution in [1.29, 1.82) is 0 Å². The van der Waals surface area contributed by atoms with Gasteiger partial charge in [0.05, 0.1) is 0 Å². The van der Waals surface area contributed by atoms with Gasteiger partial charge in [-0.1, -0.05) is 42.5 Å². The molecule has 0 radical (unpaired) electrons. The Balaban J connectivity index is 2.12. The summed E-state index contributed by atoms with van der Waals surface area (Å²) in [5.41, 5.74) is 2.52. The monoisotopic (exact) mass is 214 g/mol. The number of hydrogen-bond donors (Lipinski definition) is 0. The number of fused-ring (bicyclic) bond motifs is 2. The highest BCUT2D eigenvalue weighted by Gasteiger charge is 2.35. The zero-order valence-electron chi connectivity index (χ0n) is 8.26. The molecule has 2 aliphatic rings. The Morgan fingerprint density at radius 1 is 1.07 bits per heavy atom. The molecule has 1 aromatic carbocycles. The van der Waals surface area contributed by atoms with Gasteiger partial charge in [-0.25, -0.2) is 0 Å². The molecule has 74 valence electrons. The quantitative estimate of drug-likeness (QED) is 0.539. The fraction of sp³-hybridized carbons (Fsp3) is 0.231. The molecular weight excluding hydrogens is 203 g/mol. The summed E-state index contributed by atoms with van der Waals surface area (Å²) < 4.78 is 11.2. The Hall–Kier alpha value is -1.20. The summed E-state index contributed by atoms with van der Waals surface area (Å²) in [6.07, 6.45) is 5.56. The smallest absolute Gasteiger partial charge is 0.188 e. The van der Waals surface area contributed by atoms with E-state index in [4.69, 9.17) is 0 Å². The van der Waals surface area contributed by atoms with E-state index in [1.807, 2.05) is 18.2 Å². The van der Waals surface area contributed by atoms with Crippen molar-refractivity contribution in [3.05, 3.63) is 53.4 Å². The maximum absolute atomic E-state index is 11.2. The molecule has 0 saturated heterocycles. The van der Waals surface area contributed by atoms with Crippen LogP contribution in [0.5, 0.6) is 0 Å². The van der Waals surface area contributed by atoms with Gasteiger partial charge in [0.1, 0.15) is 0 Å². The minimum absolute atomic E-state index is 0.195. The Bertz CT molecular complexity index is 459. The van der Waals surface area contributed by atoms with E-state index >= 15 is 0 Å². The summed E-state index contributed by atoms with van der Waals surface area (Å²) in [5, 5.41) is 1.09. The highest BCUT2D eigenvalue weighted by atomic mass is 31.1. The first kappa shape index (κ1) is 9.06. The van der Waals surface area contributed by atoms with Crippen molar-refractivity contribution in [3.63, 3.8) is 0 Å². The van der Waals surface area contributed by atoms with Crippen LogP contribution in [-0.2, 0) is 4.57 Å². The van der Waals surface area contributed by atoms with E-state index in [1.54, 1.807) is 0 Å². The summed E-state index contributed by atoms with van der Waals surface area (Å²) >= 11 is 0. The van der Waals surface area contributed by atoms with Crippen molar-refractivity contribution >= 4 is 14.0 Å². The zero-order chi connectivity index (χ0) is 10.3. The van der Waals surface area contributed by atoms with Crippen LogP contribution < -0.4 is 0 Å². The molecule has 1 aromatic rings. The summed E-state index contributed by atoms with van der Waals surface area (Å²) in [7, 11) is 0.195. The van der Waals surface area contributed by atoms with Gasteiger partial charge in [0.2, 0.25) is 0 Å². The van der Waals surface area contributed by atoms with Crippen LogP contribution in [0, 0.1) is 11.8 Å². The zero-order valence-corrected chi connectivity index (χ0v) is 9.15. The molecule has 0 aromatic heterocycles. The number of allylic oxidation sites excluding steroid dienone is 4. The van der Waals surface area contributed by atoms with Gasteiger partial charge < -0.3 is 0 Å². The molecule has 2 unspecified atom stereocenters. The second kappa shape index (κ2) is 3.43. The Morgan fingerprint density at radius 2 is 1.80 bits per heavy atom. The fourth-order valence-electron chi connectivity index (χ4n) is 2.60. The molecule has 0 amide bonds. The second-order valence-corrected chi connectivity index (χ2v) is 4.75. The van der Waals surface area contributed by atoms with Crippen LogP contribution in [0.4, 0.5) is 0 Å². The maximum atomic E-state index is 11.2. The molecule has 1 nitrogen and oxygen atoms in total. The van der Waals surface area contributed by atoms with Crippen LogP contribution in [-0.4, -0.2) is 0 Å². The molecule has 2 atom stereocenters. The Labute approximate surface area is 90.7 Å². The summed E-state index contributed by atoms with van der Waals surface area (Å²) in [6.45, 7) is 0. The minimum atomic E-state index is 0.195. The predicted octanol–water partition coefficient (Wildman–Crippen LogP) is 3.90. The molecule has 2 aliphatic carbocycles. The van der Waals surface area contributed by atoms with Crippen molar-refractivity contribution in [2.75, 3.05) is 0 Å². The van der Waals surface area contributed by atoms with Crippen LogP contribution in [0.3, 0.4) is 0 Å². The first-order chi connectivity index (χ1) is 7.40. The van der Waals surface area contributed by atoms with Crippen molar-refractivity contribution < 1.29 is 4.57 Å². The van der Waals surface area contributed by atoms with Gasteiger partial charge in [-0.15, -0.1) is 0 Å². The molecule has 0 fully saturated rings. The molecule has 0 heterocycles. The van der Waals surface area contributed by atoms with Crippen molar-refractivity contribution in [1.82, 2.24) is 0 Å². The fourth-order valence-corrected chi connectivity index (χ4v) is 3.32. The molecule has 3 rings (SSSR count). The molecule has 2 heteroatoms. The van der Waals surface area contributed by atoms with Crippen molar-refractivity contribution in [2.45, 2.75) is 6.42 Å². The third-order valence-corrected chi connectivity index (χ3v) is 4.03. The van der Waals surface area contributed by atoms with Crippen molar-refractivity contribution in [3.8, 4) is 0 Å². The lowest BCUT2D eigenvalue weighted by atomic mass is 9.95. The number of rotatable bonds is 2. The number of hydrogen-bond acceptors (Lipinski definition) is 1. The van der Waals surface area contributed by atoms with Gasteiger partial charge in [0.15, 0.2) is 8.46 Å². The summed E-state index contributed by atoms with van der Waals surface area (Å²) in [5.74, 6) is 0.915. The van der Waals surface area contributed by atoms with E-state index in [2.05, 4.69) is 24.3 Å². The van der Waals surface area contributed by atoms with E-state index in [9.17, 15) is 4.57 Å². The normalized spacial score (nSPS) is 28.0. The van der Waals surface area contributed by atoms with E-state index < -0.39 is 0 Å². The summed E-state index contributed by atoms with van der Waals surface area (Å²) in [4.78, 5) is 0. The van der Waals surface area contributed by atoms with Crippen LogP contribution in [0.1, 0.15) is 12.0 Å². The molecule has 0 saturated carbocycles. The lowest BCUT2D eigenvalue weighted by molar-refractivity contribution is 0.599. The summed E-state index contributed by atoms with van der Waals surface area (Å²) in [6, 6.07) is 10.3. The molecule has 2 bridgehead atoms. The van der Waals surface area contributed by atoms with Crippen LogP contribution in [0.25, 0.3) is 5.57 Å². The minimum Gasteiger partial charge on any atom is -0.270 e. The van der Waals surface area contributed by atoms with Crippen molar-refractivity contribution in [2.24, 2.45) is 11.8 Å². The number of benzene rings is 1. The first-order valence-electron chi connectivity index (χ1n) is 5.21. The van der Waals surface area contributed by atoms with Gasteiger partial charge in [-0.05, 0) is 17.6 Å². The van der Waals surface area contributed by atoms with Gasteiger partial charge in [-0.2, -0.15) is 0 Å². The molecule has 0 aliphatic heterocycles. The van der Waals surface area contributed by atoms with E-state index in [1.165, 1.54) is 11.1 Å². The van der Waals surface area contributed by atoms with E-state index in [0.717, 1.165) is 11.7 Å². The average molecular weight is 214 g/mol. The van der Waals surface area contributed by atoms with Gasteiger partial charge >= 0.3 is 0 Å². The molecule has 0 N–H and O–H groups in total. The van der Waals surface area contributed by atoms with Crippen LogP contribution >= 0.6 is 8.46 Å². The SMILES string of the molecule is O=PC1=C(c2ccccc2)C2C=CC1C2. The van der Waals surface area contributed by atoms with Gasteiger partial charge in [-0.3, -0.25) is 4.57 Å². The van der Waals surface area contributed by atoms with Crippen LogP contribution in [0.2, 0.25) is 0 Å². The maximum Gasteiger partial charge on any atom is 0.188 e. The highest BCUT2D eigenvalue weighted by Crippen LogP contribution is 2.51. The first-order valence-corrected chi connectivity index (χ1v) is 6.02. The van der Waals surface area contributed by atoms with Crippen LogP contribution in [0.15, 0.2) is 47.8 Å². The standard InChI is InChI=1S/C13H11OP/c14-15-13-11-7-6-10(8-11)12(13)9-4-2-1-3-5-9/h1-7,10-11H,8H2. The largest absolute Gasteiger partial charge is 0.270 e. The highest BCUT2D eigenvalue weighted by molar-refractivity contribution is 7.30. The molecular formula is C13H11OP. The third kappa shape index (κ3) is 1.31. The average Bonchev–Trinajstić information content (AvgIpc) is 2.89. The Kier molecular flexibility index (Phi) is 2.07. The van der Waals surface area contributed by atoms with Gasteiger partial charge in [0, 0.05) is 17.2 Å². The van der Waals surface area contributed by atoms with Gasteiger partial charge in [0.25, 0.3) is 0 Å².